The van der Waals surface area contributed by atoms with Crippen LogP contribution in [0.3, 0.4) is 0 Å². The molecule has 5 rings (SSSR count). The predicted molar refractivity (Wildman–Crippen MR) is 122 cm³/mol. The van der Waals surface area contributed by atoms with Gasteiger partial charge in [-0.2, -0.15) is 13.2 Å². The summed E-state index contributed by atoms with van der Waals surface area (Å²) in [6.45, 7) is 0. The minimum Gasteiger partial charge on any atom is -0.495 e. The number of fused-ring (bicyclic) bond motifs is 2. The molecule has 2 heterocycles. The minimum atomic E-state index is -4.38. The molecule has 3 aromatic carbocycles. The van der Waals surface area contributed by atoms with Crippen LogP contribution in [0.4, 0.5) is 13.2 Å². The topological polar surface area (TPSA) is 40.8 Å². The van der Waals surface area contributed by atoms with Crippen LogP contribution >= 0.6 is 12.4 Å². The molecule has 0 unspecified atom stereocenters. The monoisotopic (exact) mass is 455 g/mol. The Hall–Kier alpha value is -3.38. The molecule has 0 amide bonds. The van der Waals surface area contributed by atoms with E-state index in [1.807, 2.05) is 54.9 Å². The Kier molecular flexibility index (Phi) is 5.65. The first-order valence-corrected chi connectivity index (χ1v) is 9.73. The third-order valence-corrected chi connectivity index (χ3v) is 5.53. The largest absolute Gasteiger partial charge is 0.495 e. The second-order valence-electron chi connectivity index (χ2n) is 7.28. The molecule has 0 bridgehead atoms. The van der Waals surface area contributed by atoms with Crippen LogP contribution in [0.15, 0.2) is 79.1 Å². The zero-order valence-corrected chi connectivity index (χ0v) is 17.8. The number of rotatable bonds is 4. The third kappa shape index (κ3) is 3.60. The van der Waals surface area contributed by atoms with Gasteiger partial charge in [0.15, 0.2) is 0 Å². The average Bonchev–Trinajstić information content (AvgIpc) is 3.39. The van der Waals surface area contributed by atoms with E-state index in [1.54, 1.807) is 7.11 Å². The van der Waals surface area contributed by atoms with E-state index in [0.717, 1.165) is 51.0 Å². The molecule has 3 nitrogen and oxygen atoms in total. The second kappa shape index (κ2) is 8.28. The van der Waals surface area contributed by atoms with Gasteiger partial charge in [-0.1, -0.05) is 42.5 Å². The number of H-pyrrole nitrogens is 2. The fourth-order valence-electron chi connectivity index (χ4n) is 4.06. The standard InChI is InChI=1S/C25H18F3N2O.ClH/c1-31-22-8-4-6-18-20(14-30-24(18)22)23(15-9-11-16(12-10-15)25(26,27)28)19-13-29-21-7-3-2-5-17(19)21;/h2-14,29-30H,1H3;1H. The van der Waals surface area contributed by atoms with Gasteiger partial charge in [0.1, 0.15) is 5.75 Å². The quantitative estimate of drug-likeness (QED) is 0.297. The van der Waals surface area contributed by atoms with Crippen molar-refractivity contribution in [3.63, 3.8) is 0 Å². The molecule has 0 saturated heterocycles. The molecule has 0 aliphatic heterocycles. The highest BCUT2D eigenvalue weighted by Crippen LogP contribution is 2.41. The Bertz CT molecular complexity index is 1370. The molecule has 0 atom stereocenters. The number of aromatic amines is 2. The van der Waals surface area contributed by atoms with E-state index in [1.165, 1.54) is 12.1 Å². The highest BCUT2D eigenvalue weighted by Gasteiger charge is 2.31. The SMILES string of the molecule is COc1cccc2c([C](c3ccc(C(F)(F)F)cc3)c3c[nH]c4ccccc34)c[nH]c12.Cl. The molecule has 0 aliphatic rings. The molecule has 7 heteroatoms. The molecular weight excluding hydrogens is 437 g/mol. The van der Waals surface area contributed by atoms with E-state index in [9.17, 15) is 13.2 Å². The molecule has 1 radical (unpaired) electrons. The van der Waals surface area contributed by atoms with Gasteiger partial charge in [-0.15, -0.1) is 12.4 Å². The first kappa shape index (κ1) is 21.8. The maximum absolute atomic E-state index is 13.1. The van der Waals surface area contributed by atoms with Gasteiger partial charge in [-0.05, 0) is 41.0 Å². The van der Waals surface area contributed by atoms with Crippen molar-refractivity contribution in [1.82, 2.24) is 9.97 Å². The van der Waals surface area contributed by atoms with Crippen molar-refractivity contribution in [2.45, 2.75) is 6.18 Å². The Morgan fingerprint density at radius 2 is 1.44 bits per heavy atom. The first-order chi connectivity index (χ1) is 15.0. The van der Waals surface area contributed by atoms with E-state index in [-0.39, 0.29) is 12.4 Å². The highest BCUT2D eigenvalue weighted by atomic mass is 35.5. The van der Waals surface area contributed by atoms with Crippen LogP contribution in [0.1, 0.15) is 22.3 Å². The van der Waals surface area contributed by atoms with Gasteiger partial charge in [-0.3, -0.25) is 0 Å². The Labute approximate surface area is 188 Å². The van der Waals surface area contributed by atoms with Crippen LogP contribution in [0.25, 0.3) is 21.8 Å². The number of para-hydroxylation sites is 2. The van der Waals surface area contributed by atoms with Crippen LogP contribution in [0.5, 0.6) is 5.75 Å². The summed E-state index contributed by atoms with van der Waals surface area (Å²) in [6.07, 6.45) is -0.605. The number of hydrogen-bond donors (Lipinski definition) is 2. The summed E-state index contributed by atoms with van der Waals surface area (Å²) in [7, 11) is 1.61. The lowest BCUT2D eigenvalue weighted by molar-refractivity contribution is -0.137. The van der Waals surface area contributed by atoms with E-state index in [4.69, 9.17) is 4.74 Å². The van der Waals surface area contributed by atoms with Crippen molar-refractivity contribution < 1.29 is 17.9 Å². The van der Waals surface area contributed by atoms with Gasteiger partial charge in [-0.25, -0.2) is 0 Å². The number of aromatic nitrogens is 2. The number of hydrogen-bond acceptors (Lipinski definition) is 1. The van der Waals surface area contributed by atoms with E-state index >= 15 is 0 Å². The Morgan fingerprint density at radius 1 is 0.781 bits per heavy atom. The molecule has 0 aliphatic carbocycles. The van der Waals surface area contributed by atoms with Crippen molar-refractivity contribution in [3.8, 4) is 5.75 Å². The summed E-state index contributed by atoms with van der Waals surface area (Å²) >= 11 is 0. The molecule has 0 saturated carbocycles. The van der Waals surface area contributed by atoms with Crippen LogP contribution in [-0.4, -0.2) is 17.1 Å². The Morgan fingerprint density at radius 3 is 2.16 bits per heavy atom. The van der Waals surface area contributed by atoms with Gasteiger partial charge >= 0.3 is 6.18 Å². The number of methoxy groups -OCH3 is 1. The lowest BCUT2D eigenvalue weighted by Crippen LogP contribution is -2.07. The van der Waals surface area contributed by atoms with Crippen molar-refractivity contribution in [2.75, 3.05) is 7.11 Å². The number of ether oxygens (including phenoxy) is 1. The molecular formula is C25H19ClF3N2O. The maximum Gasteiger partial charge on any atom is 0.416 e. The van der Waals surface area contributed by atoms with Gasteiger partial charge in [0.2, 0.25) is 0 Å². The fraction of sp³-hybridized carbons (Fsp3) is 0.0800. The molecule has 163 valence electrons. The van der Waals surface area contributed by atoms with Gasteiger partial charge in [0.25, 0.3) is 0 Å². The predicted octanol–water partition coefficient (Wildman–Crippen LogP) is 7.12. The Balaban J connectivity index is 0.00000245. The lowest BCUT2D eigenvalue weighted by Gasteiger charge is -2.17. The van der Waals surface area contributed by atoms with Crippen LogP contribution in [-0.2, 0) is 6.18 Å². The van der Waals surface area contributed by atoms with Crippen molar-refractivity contribution in [1.29, 1.82) is 0 Å². The van der Waals surface area contributed by atoms with Crippen molar-refractivity contribution in [2.24, 2.45) is 0 Å². The molecule has 2 aromatic heterocycles. The number of alkyl halides is 3. The molecule has 0 spiro atoms. The van der Waals surface area contributed by atoms with E-state index in [2.05, 4.69) is 9.97 Å². The summed E-state index contributed by atoms with van der Waals surface area (Å²) < 4.78 is 44.9. The summed E-state index contributed by atoms with van der Waals surface area (Å²) in [4.78, 5) is 6.54. The summed E-state index contributed by atoms with van der Waals surface area (Å²) in [6, 6.07) is 18.9. The molecule has 0 fully saturated rings. The second-order valence-corrected chi connectivity index (χ2v) is 7.28. The summed E-state index contributed by atoms with van der Waals surface area (Å²) in [5, 5.41) is 1.93. The van der Waals surface area contributed by atoms with Gasteiger partial charge < -0.3 is 14.7 Å². The zero-order chi connectivity index (χ0) is 21.6. The van der Waals surface area contributed by atoms with Crippen LogP contribution in [0.2, 0.25) is 0 Å². The van der Waals surface area contributed by atoms with Crippen molar-refractivity contribution >= 4 is 34.2 Å². The average molecular weight is 456 g/mol. The smallest absolute Gasteiger partial charge is 0.416 e. The number of benzene rings is 3. The third-order valence-electron chi connectivity index (χ3n) is 5.53. The first-order valence-electron chi connectivity index (χ1n) is 9.73. The summed E-state index contributed by atoms with van der Waals surface area (Å²) in [5.41, 5.74) is 3.62. The van der Waals surface area contributed by atoms with Crippen LogP contribution in [0, 0.1) is 5.92 Å². The normalized spacial score (nSPS) is 11.8. The fourth-order valence-corrected chi connectivity index (χ4v) is 4.06. The highest BCUT2D eigenvalue weighted by molar-refractivity contribution is 5.95. The molecule has 2 N–H and O–H groups in total. The van der Waals surface area contributed by atoms with Gasteiger partial charge in [0.05, 0.1) is 24.1 Å². The zero-order valence-electron chi connectivity index (χ0n) is 17.0. The van der Waals surface area contributed by atoms with Gasteiger partial charge in [0, 0.05) is 28.7 Å². The van der Waals surface area contributed by atoms with Crippen molar-refractivity contribution in [3.05, 3.63) is 107 Å². The van der Waals surface area contributed by atoms with Crippen LogP contribution < -0.4 is 4.74 Å². The number of nitrogens with one attached hydrogen (secondary N) is 2. The van der Waals surface area contributed by atoms with E-state index < -0.39 is 11.7 Å². The summed E-state index contributed by atoms with van der Waals surface area (Å²) in [5.74, 6) is 1.54. The lowest BCUT2D eigenvalue weighted by atomic mass is 9.84. The molecule has 32 heavy (non-hydrogen) atoms. The molecule has 5 aromatic rings. The van der Waals surface area contributed by atoms with E-state index in [0.29, 0.717) is 11.3 Å². The maximum atomic E-state index is 13.1. The minimum absolute atomic E-state index is 0. The number of halogens is 4.